The summed E-state index contributed by atoms with van der Waals surface area (Å²) >= 11 is 0. The fourth-order valence-electron chi connectivity index (χ4n) is 4.48. The van der Waals surface area contributed by atoms with Crippen molar-refractivity contribution >= 4 is 16.0 Å². The van der Waals surface area contributed by atoms with Crippen LogP contribution in [0.2, 0.25) is 0 Å². The molecule has 4 rings (SSSR count). The van der Waals surface area contributed by atoms with Gasteiger partial charge in [0.2, 0.25) is 10.0 Å². The molecule has 7 nitrogen and oxygen atoms in total. The Morgan fingerprint density at radius 3 is 2.59 bits per heavy atom. The molecule has 3 aromatic rings. The Bertz CT molecular complexity index is 1290. The molecule has 1 aliphatic carbocycles. The van der Waals surface area contributed by atoms with Crippen LogP contribution in [0, 0.1) is 6.92 Å². The second-order valence-electron chi connectivity index (χ2n) is 8.56. The minimum absolute atomic E-state index is 0.225. The molecule has 1 aromatic heterocycles. The Labute approximate surface area is 200 Å². The molecule has 0 amide bonds. The molecule has 0 spiro atoms. The summed E-state index contributed by atoms with van der Waals surface area (Å²) in [5.74, 6) is -0.541. The molecule has 0 aliphatic heterocycles. The monoisotopic (exact) mass is 480 g/mol. The number of fused-ring (bicyclic) bond motifs is 1. The topological polar surface area (TPSA) is 96.8 Å². The third-order valence-corrected chi connectivity index (χ3v) is 8.09. The number of aliphatic carboxylic acids is 1. The van der Waals surface area contributed by atoms with Crippen LogP contribution in [0.1, 0.15) is 42.0 Å². The molecule has 178 valence electrons. The predicted octanol–water partition coefficient (Wildman–Crippen LogP) is 4.61. The van der Waals surface area contributed by atoms with Crippen molar-refractivity contribution in [3.63, 3.8) is 0 Å². The van der Waals surface area contributed by atoms with Crippen molar-refractivity contribution in [1.82, 2.24) is 9.29 Å². The first-order valence-corrected chi connectivity index (χ1v) is 12.7. The van der Waals surface area contributed by atoms with E-state index < -0.39 is 22.6 Å². The Morgan fingerprint density at radius 1 is 1.12 bits per heavy atom. The number of benzene rings is 2. The van der Waals surface area contributed by atoms with Gasteiger partial charge in [-0.2, -0.15) is 4.31 Å². The Hall–Kier alpha value is -3.23. The summed E-state index contributed by atoms with van der Waals surface area (Å²) in [6.45, 7) is 1.53. The van der Waals surface area contributed by atoms with Gasteiger partial charge in [0.25, 0.3) is 0 Å². The normalized spacial score (nSPS) is 16.0. The predicted molar refractivity (Wildman–Crippen MR) is 129 cm³/mol. The van der Waals surface area contributed by atoms with Crippen LogP contribution in [0.15, 0.2) is 65.8 Å². The van der Waals surface area contributed by atoms with E-state index in [2.05, 4.69) is 4.98 Å². The third kappa shape index (κ3) is 4.98. The molecular formula is C26H28N2O5S. The summed E-state index contributed by atoms with van der Waals surface area (Å²) in [6.07, 6.45) is 6.67. The smallest absolute Gasteiger partial charge is 0.341 e. The summed E-state index contributed by atoms with van der Waals surface area (Å²) in [5.41, 5.74) is 4.62. The first-order chi connectivity index (χ1) is 16.3. The van der Waals surface area contributed by atoms with Crippen LogP contribution in [0.3, 0.4) is 0 Å². The van der Waals surface area contributed by atoms with Crippen molar-refractivity contribution < 1.29 is 23.1 Å². The summed E-state index contributed by atoms with van der Waals surface area (Å²) in [5, 5.41) is 9.00. The highest BCUT2D eigenvalue weighted by atomic mass is 32.2. The molecule has 0 fully saturated rings. The van der Waals surface area contributed by atoms with Gasteiger partial charge in [-0.25, -0.2) is 13.2 Å². The maximum absolute atomic E-state index is 13.6. The first kappa shape index (κ1) is 23.9. The zero-order valence-electron chi connectivity index (χ0n) is 19.3. The van der Waals surface area contributed by atoms with E-state index in [9.17, 15) is 13.2 Å². The van der Waals surface area contributed by atoms with Gasteiger partial charge in [0, 0.05) is 25.0 Å². The summed E-state index contributed by atoms with van der Waals surface area (Å²) in [7, 11) is -2.15. The van der Waals surface area contributed by atoms with E-state index in [4.69, 9.17) is 9.84 Å². The molecule has 1 aliphatic rings. The van der Waals surface area contributed by atoms with Crippen molar-refractivity contribution in [1.29, 1.82) is 0 Å². The van der Waals surface area contributed by atoms with Crippen LogP contribution in [-0.2, 0) is 21.2 Å². The molecule has 1 atom stereocenters. The standard InChI is InChI=1S/C26H28N2O5S/c1-18-14-20(16-27-15-18)19-10-12-21(13-11-19)34(31,32)28(2)24-8-4-3-6-23-22(24)7-5-9-25(23)33-17-26(29)30/h5,7,9-16,24H,3-4,6,8,17H2,1-2H3,(H,29,30). The minimum atomic E-state index is -3.76. The van der Waals surface area contributed by atoms with E-state index in [-0.39, 0.29) is 10.9 Å². The van der Waals surface area contributed by atoms with Gasteiger partial charge in [0.15, 0.2) is 6.61 Å². The lowest BCUT2D eigenvalue weighted by Gasteiger charge is -2.28. The van der Waals surface area contributed by atoms with E-state index in [1.807, 2.05) is 19.1 Å². The molecule has 0 radical (unpaired) electrons. The lowest BCUT2D eigenvalue weighted by Crippen LogP contribution is -2.31. The van der Waals surface area contributed by atoms with Crippen molar-refractivity contribution in [2.24, 2.45) is 0 Å². The molecule has 0 saturated carbocycles. The number of hydrogen-bond donors (Lipinski definition) is 1. The maximum atomic E-state index is 13.6. The lowest BCUT2D eigenvalue weighted by atomic mass is 9.98. The number of aryl methyl sites for hydroxylation is 1. The number of carboxylic acid groups (broad SMARTS) is 1. The molecule has 2 aromatic carbocycles. The second kappa shape index (κ2) is 9.95. The fraction of sp³-hybridized carbons (Fsp3) is 0.308. The molecule has 1 N–H and O–H groups in total. The van der Waals surface area contributed by atoms with Crippen LogP contribution in [-0.4, -0.2) is 42.4 Å². The lowest BCUT2D eigenvalue weighted by molar-refractivity contribution is -0.139. The molecule has 8 heteroatoms. The summed E-state index contributed by atoms with van der Waals surface area (Å²) in [4.78, 5) is 15.4. The zero-order chi connectivity index (χ0) is 24.3. The number of carboxylic acids is 1. The van der Waals surface area contributed by atoms with E-state index in [1.165, 1.54) is 4.31 Å². The van der Waals surface area contributed by atoms with E-state index in [0.29, 0.717) is 12.2 Å². The van der Waals surface area contributed by atoms with E-state index in [1.54, 1.807) is 55.8 Å². The van der Waals surface area contributed by atoms with Gasteiger partial charge in [-0.15, -0.1) is 0 Å². The number of rotatable bonds is 7. The number of sulfonamides is 1. The molecule has 1 heterocycles. The second-order valence-corrected chi connectivity index (χ2v) is 10.6. The van der Waals surface area contributed by atoms with Crippen LogP contribution in [0.5, 0.6) is 5.75 Å². The number of carbonyl (C=O) groups is 1. The van der Waals surface area contributed by atoms with E-state index in [0.717, 1.165) is 47.1 Å². The highest BCUT2D eigenvalue weighted by Gasteiger charge is 2.32. The number of pyridine rings is 1. The number of hydrogen-bond acceptors (Lipinski definition) is 5. The maximum Gasteiger partial charge on any atom is 0.341 e. The average molecular weight is 481 g/mol. The SMILES string of the molecule is Cc1cncc(-c2ccc(S(=O)(=O)N(C)C3CCCCc4c(OCC(=O)O)cccc43)cc2)c1. The Morgan fingerprint density at radius 2 is 1.88 bits per heavy atom. The Kier molecular flexibility index (Phi) is 7.00. The quantitative estimate of drug-likeness (QED) is 0.496. The number of ether oxygens (including phenoxy) is 1. The van der Waals surface area contributed by atoms with Crippen LogP contribution in [0.25, 0.3) is 11.1 Å². The summed E-state index contributed by atoms with van der Waals surface area (Å²) < 4.78 is 34.1. The first-order valence-electron chi connectivity index (χ1n) is 11.2. The molecular weight excluding hydrogens is 452 g/mol. The summed E-state index contributed by atoms with van der Waals surface area (Å²) in [6, 6.07) is 14.0. The highest BCUT2D eigenvalue weighted by Crippen LogP contribution is 2.39. The number of nitrogens with zero attached hydrogens (tertiary/aromatic N) is 2. The minimum Gasteiger partial charge on any atom is -0.482 e. The van der Waals surface area contributed by atoms with Gasteiger partial charge in [0.1, 0.15) is 5.75 Å². The largest absolute Gasteiger partial charge is 0.482 e. The number of aromatic nitrogens is 1. The zero-order valence-corrected chi connectivity index (χ0v) is 20.1. The highest BCUT2D eigenvalue weighted by molar-refractivity contribution is 7.89. The van der Waals surface area contributed by atoms with Gasteiger partial charge in [-0.1, -0.05) is 30.7 Å². The van der Waals surface area contributed by atoms with Crippen LogP contribution < -0.4 is 4.74 Å². The van der Waals surface area contributed by atoms with Crippen molar-refractivity contribution in [3.8, 4) is 16.9 Å². The van der Waals surface area contributed by atoms with Crippen molar-refractivity contribution in [2.75, 3.05) is 13.7 Å². The third-order valence-electron chi connectivity index (χ3n) is 6.21. The van der Waals surface area contributed by atoms with Gasteiger partial charge in [0.05, 0.1) is 10.9 Å². The molecule has 0 saturated heterocycles. The van der Waals surface area contributed by atoms with Gasteiger partial charge in [-0.3, -0.25) is 4.98 Å². The van der Waals surface area contributed by atoms with Gasteiger partial charge < -0.3 is 9.84 Å². The fourth-order valence-corrected chi connectivity index (χ4v) is 5.84. The molecule has 0 bridgehead atoms. The molecule has 34 heavy (non-hydrogen) atoms. The van der Waals surface area contributed by atoms with Crippen LogP contribution >= 0.6 is 0 Å². The average Bonchev–Trinajstić information content (AvgIpc) is 3.05. The molecule has 1 unspecified atom stereocenters. The van der Waals surface area contributed by atoms with Crippen molar-refractivity contribution in [2.45, 2.75) is 43.5 Å². The van der Waals surface area contributed by atoms with Gasteiger partial charge >= 0.3 is 5.97 Å². The Balaban J connectivity index is 1.64. The van der Waals surface area contributed by atoms with Crippen molar-refractivity contribution in [3.05, 3.63) is 77.6 Å². The van der Waals surface area contributed by atoms with Crippen LogP contribution in [0.4, 0.5) is 0 Å². The van der Waals surface area contributed by atoms with Gasteiger partial charge in [-0.05, 0) is 72.7 Å². The van der Waals surface area contributed by atoms with E-state index >= 15 is 0 Å².